The molecule has 1 heterocycles. The number of likely N-dealkylation sites (tertiary alicyclic amines) is 1. The topological polar surface area (TPSA) is 85.3 Å². The van der Waals surface area contributed by atoms with Crippen molar-refractivity contribution in [2.24, 2.45) is 5.92 Å². The minimum Gasteiger partial charge on any atom is -0.507 e. The number of Topliss-reactive ketones (excluding diaryl/α,β-unsaturated/α-hetero) is 1. The van der Waals surface area contributed by atoms with E-state index < -0.39 is 17.7 Å². The molecule has 1 N–H and O–H groups in total. The zero-order valence-electron chi connectivity index (χ0n) is 20.2. The monoisotopic (exact) mass is 467 g/mol. The molecular weight excluding hydrogens is 434 g/mol. The van der Waals surface area contributed by atoms with Crippen LogP contribution in [0.4, 0.5) is 0 Å². The Labute approximate surface area is 200 Å². The van der Waals surface area contributed by atoms with Crippen LogP contribution in [0, 0.1) is 5.92 Å². The highest BCUT2D eigenvalue weighted by Crippen LogP contribution is 2.40. The number of carbonyl (C=O) groups excluding carboxylic acids is 2. The second-order valence-corrected chi connectivity index (χ2v) is 8.64. The molecule has 34 heavy (non-hydrogen) atoms. The lowest BCUT2D eigenvalue weighted by molar-refractivity contribution is -0.140. The lowest BCUT2D eigenvalue weighted by Gasteiger charge is -2.25. The molecule has 7 heteroatoms. The van der Waals surface area contributed by atoms with E-state index in [1.54, 1.807) is 24.3 Å². The number of hydrogen-bond donors (Lipinski definition) is 1. The van der Waals surface area contributed by atoms with Crippen LogP contribution in [-0.4, -0.2) is 55.2 Å². The number of carbonyl (C=O) groups is 2. The van der Waals surface area contributed by atoms with Crippen molar-refractivity contribution in [3.63, 3.8) is 0 Å². The first-order chi connectivity index (χ1) is 16.4. The number of aliphatic hydroxyl groups is 1. The van der Waals surface area contributed by atoms with Gasteiger partial charge in [0.2, 0.25) is 0 Å². The minimum absolute atomic E-state index is 0.0459. The molecule has 0 aliphatic carbocycles. The highest BCUT2D eigenvalue weighted by Gasteiger charge is 2.46. The van der Waals surface area contributed by atoms with Gasteiger partial charge in [0.1, 0.15) is 17.3 Å². The van der Waals surface area contributed by atoms with Crippen molar-refractivity contribution in [3.8, 4) is 11.5 Å². The third-order valence-corrected chi connectivity index (χ3v) is 5.43. The SMILES string of the molecule is CCCOc1cccc(C2/C(=C(/O)c3ccc(OCC(C)C)cc3)C(=O)C(=O)N2CCOC)c1. The van der Waals surface area contributed by atoms with Gasteiger partial charge in [0.25, 0.3) is 11.7 Å². The summed E-state index contributed by atoms with van der Waals surface area (Å²) in [7, 11) is 1.54. The number of ether oxygens (including phenoxy) is 3. The summed E-state index contributed by atoms with van der Waals surface area (Å²) in [4.78, 5) is 27.4. The van der Waals surface area contributed by atoms with Crippen molar-refractivity contribution in [3.05, 3.63) is 65.2 Å². The van der Waals surface area contributed by atoms with Gasteiger partial charge in [-0.15, -0.1) is 0 Å². The largest absolute Gasteiger partial charge is 0.507 e. The summed E-state index contributed by atoms with van der Waals surface area (Å²) in [6, 6.07) is 13.4. The standard InChI is InChI=1S/C27H33NO6/c1-5-14-33-22-8-6-7-20(16-22)24-23(26(30)27(31)28(24)13-15-32-4)25(29)19-9-11-21(12-10-19)34-17-18(2)3/h6-12,16,18,24,29H,5,13-15,17H2,1-4H3/b25-23-. The smallest absolute Gasteiger partial charge is 0.295 e. The summed E-state index contributed by atoms with van der Waals surface area (Å²) in [5, 5.41) is 11.2. The summed E-state index contributed by atoms with van der Waals surface area (Å²) in [6.07, 6.45) is 0.855. The lowest BCUT2D eigenvalue weighted by atomic mass is 9.95. The van der Waals surface area contributed by atoms with Crippen molar-refractivity contribution >= 4 is 17.4 Å². The summed E-state index contributed by atoms with van der Waals surface area (Å²) in [5.74, 6) is 0.0808. The molecule has 1 fully saturated rings. The minimum atomic E-state index is -0.753. The van der Waals surface area contributed by atoms with E-state index in [1.807, 2.05) is 31.2 Å². The van der Waals surface area contributed by atoms with Crippen LogP contribution in [0.5, 0.6) is 11.5 Å². The van der Waals surface area contributed by atoms with Gasteiger partial charge in [-0.25, -0.2) is 0 Å². The van der Waals surface area contributed by atoms with Crippen LogP contribution >= 0.6 is 0 Å². The van der Waals surface area contributed by atoms with Crippen molar-refractivity contribution in [2.45, 2.75) is 33.2 Å². The number of nitrogens with zero attached hydrogens (tertiary/aromatic N) is 1. The number of methoxy groups -OCH3 is 1. The first-order valence-corrected chi connectivity index (χ1v) is 11.6. The molecule has 1 aliphatic rings. The van der Waals surface area contributed by atoms with Crippen molar-refractivity contribution in [2.75, 3.05) is 33.5 Å². The summed E-state index contributed by atoms with van der Waals surface area (Å²) in [6.45, 7) is 7.74. The maximum Gasteiger partial charge on any atom is 0.295 e. The van der Waals surface area contributed by atoms with Crippen LogP contribution in [0.1, 0.15) is 44.4 Å². The Morgan fingerprint density at radius 1 is 1.03 bits per heavy atom. The molecule has 0 bridgehead atoms. The van der Waals surface area contributed by atoms with Gasteiger partial charge in [0.15, 0.2) is 0 Å². The Morgan fingerprint density at radius 3 is 2.41 bits per heavy atom. The van der Waals surface area contributed by atoms with Gasteiger partial charge >= 0.3 is 0 Å². The van der Waals surface area contributed by atoms with Crippen LogP contribution in [0.25, 0.3) is 5.76 Å². The van der Waals surface area contributed by atoms with Crippen molar-refractivity contribution < 1.29 is 28.9 Å². The molecule has 182 valence electrons. The van der Waals surface area contributed by atoms with E-state index in [1.165, 1.54) is 12.0 Å². The molecule has 1 unspecified atom stereocenters. The summed E-state index contributed by atoms with van der Waals surface area (Å²) in [5.41, 5.74) is 1.16. The van der Waals surface area contributed by atoms with Gasteiger partial charge < -0.3 is 24.2 Å². The molecule has 3 rings (SSSR count). The average molecular weight is 468 g/mol. The van der Waals surface area contributed by atoms with E-state index in [0.717, 1.165) is 6.42 Å². The second kappa shape index (κ2) is 11.7. The van der Waals surface area contributed by atoms with E-state index in [9.17, 15) is 14.7 Å². The van der Waals surface area contributed by atoms with Gasteiger partial charge in [0, 0.05) is 19.2 Å². The van der Waals surface area contributed by atoms with E-state index in [2.05, 4.69) is 13.8 Å². The number of aliphatic hydroxyl groups excluding tert-OH is 1. The fraction of sp³-hybridized carbons (Fsp3) is 0.407. The first kappa shape index (κ1) is 25.3. The third kappa shape index (κ3) is 5.78. The zero-order chi connectivity index (χ0) is 24.7. The molecule has 0 spiro atoms. The van der Waals surface area contributed by atoms with Gasteiger partial charge in [0.05, 0.1) is 31.4 Å². The molecule has 0 aromatic heterocycles. The molecular formula is C27H33NO6. The maximum absolute atomic E-state index is 13.1. The van der Waals surface area contributed by atoms with Gasteiger partial charge in [-0.2, -0.15) is 0 Å². The molecule has 2 aromatic rings. The zero-order valence-corrected chi connectivity index (χ0v) is 20.2. The molecule has 0 radical (unpaired) electrons. The van der Waals surface area contributed by atoms with Crippen LogP contribution in [-0.2, 0) is 14.3 Å². The van der Waals surface area contributed by atoms with Gasteiger partial charge in [-0.1, -0.05) is 32.9 Å². The second-order valence-electron chi connectivity index (χ2n) is 8.64. The molecule has 2 aromatic carbocycles. The predicted octanol–water partition coefficient (Wildman–Crippen LogP) is 4.58. The Bertz CT molecular complexity index is 1030. The normalized spacial score (nSPS) is 17.4. The number of hydrogen-bond acceptors (Lipinski definition) is 6. The van der Waals surface area contributed by atoms with Crippen molar-refractivity contribution in [1.29, 1.82) is 0 Å². The Morgan fingerprint density at radius 2 is 1.76 bits per heavy atom. The molecule has 0 saturated carbocycles. The van der Waals surface area contributed by atoms with Crippen LogP contribution in [0.15, 0.2) is 54.1 Å². The molecule has 1 atom stereocenters. The Hall–Kier alpha value is -3.32. The average Bonchev–Trinajstić information content (AvgIpc) is 3.09. The van der Waals surface area contributed by atoms with E-state index in [0.29, 0.717) is 41.8 Å². The Kier molecular flexibility index (Phi) is 8.71. The van der Waals surface area contributed by atoms with E-state index >= 15 is 0 Å². The Balaban J connectivity index is 2.02. The quantitative estimate of drug-likeness (QED) is 0.296. The van der Waals surface area contributed by atoms with Crippen LogP contribution in [0.2, 0.25) is 0 Å². The molecule has 1 aliphatic heterocycles. The highest BCUT2D eigenvalue weighted by molar-refractivity contribution is 6.46. The van der Waals surface area contributed by atoms with Crippen molar-refractivity contribution in [1.82, 2.24) is 4.90 Å². The number of benzene rings is 2. The number of ketones is 1. The fourth-order valence-corrected chi connectivity index (χ4v) is 3.77. The molecule has 7 nitrogen and oxygen atoms in total. The van der Waals surface area contributed by atoms with Gasteiger partial charge in [-0.3, -0.25) is 9.59 Å². The van der Waals surface area contributed by atoms with E-state index in [-0.39, 0.29) is 24.5 Å². The maximum atomic E-state index is 13.1. The lowest BCUT2D eigenvalue weighted by Crippen LogP contribution is -2.32. The van der Waals surface area contributed by atoms with Crippen LogP contribution < -0.4 is 9.47 Å². The first-order valence-electron chi connectivity index (χ1n) is 11.6. The molecule has 1 saturated heterocycles. The number of amides is 1. The van der Waals surface area contributed by atoms with Crippen LogP contribution in [0.3, 0.4) is 0 Å². The predicted molar refractivity (Wildman–Crippen MR) is 130 cm³/mol. The summed E-state index contributed by atoms with van der Waals surface area (Å²) >= 11 is 0. The molecule has 1 amide bonds. The fourth-order valence-electron chi connectivity index (χ4n) is 3.77. The number of rotatable bonds is 11. The highest BCUT2D eigenvalue weighted by atomic mass is 16.5. The summed E-state index contributed by atoms with van der Waals surface area (Å²) < 4.78 is 16.6. The van der Waals surface area contributed by atoms with Gasteiger partial charge in [-0.05, 0) is 54.3 Å². The van der Waals surface area contributed by atoms with E-state index in [4.69, 9.17) is 14.2 Å². The third-order valence-electron chi connectivity index (χ3n) is 5.43.